The molecule has 0 fully saturated rings. The zero-order valence-corrected chi connectivity index (χ0v) is 19.9. The Labute approximate surface area is 198 Å². The summed E-state index contributed by atoms with van der Waals surface area (Å²) in [6.45, 7) is 0.117. The molecule has 32 heavy (non-hydrogen) atoms. The molecule has 164 valence electrons. The van der Waals surface area contributed by atoms with Gasteiger partial charge in [-0.1, -0.05) is 15.9 Å². The molecular formula is C25H21BrO5S. The molecule has 0 amide bonds. The first-order valence-electron chi connectivity index (χ1n) is 9.85. The third-order valence-corrected chi connectivity index (χ3v) is 6.45. The summed E-state index contributed by atoms with van der Waals surface area (Å²) in [5.74, 6) is 2.01. The summed E-state index contributed by atoms with van der Waals surface area (Å²) in [5, 5.41) is 9.45. The lowest BCUT2D eigenvalue weighted by Gasteiger charge is -2.09. The van der Waals surface area contributed by atoms with Crippen molar-refractivity contribution in [1.29, 1.82) is 0 Å². The van der Waals surface area contributed by atoms with Crippen LogP contribution in [0.5, 0.6) is 17.2 Å². The predicted octanol–water partition coefficient (Wildman–Crippen LogP) is 5.91. The minimum atomic E-state index is -0.745. The fourth-order valence-electron chi connectivity index (χ4n) is 3.39. The molecule has 1 heterocycles. The number of ether oxygens (including phenoxy) is 3. The molecule has 1 N–H and O–H groups in total. The van der Waals surface area contributed by atoms with Crippen LogP contribution >= 0.6 is 27.3 Å². The molecule has 5 nitrogen and oxygen atoms in total. The maximum absolute atomic E-state index is 13.6. The number of carbonyl (C=O) groups excluding carboxylic acids is 1. The van der Waals surface area contributed by atoms with Crippen LogP contribution in [0.1, 0.15) is 15.9 Å². The van der Waals surface area contributed by atoms with Gasteiger partial charge < -0.3 is 19.3 Å². The maximum atomic E-state index is 13.6. The van der Waals surface area contributed by atoms with Crippen molar-refractivity contribution in [1.82, 2.24) is 0 Å². The van der Waals surface area contributed by atoms with Crippen molar-refractivity contribution in [3.05, 3.63) is 77.9 Å². The molecule has 0 bridgehead atoms. The molecule has 0 aliphatic rings. The van der Waals surface area contributed by atoms with Gasteiger partial charge in [0.25, 0.3) is 0 Å². The summed E-state index contributed by atoms with van der Waals surface area (Å²) >= 11 is 4.59. The van der Waals surface area contributed by atoms with Gasteiger partial charge in [0.1, 0.15) is 28.9 Å². The highest BCUT2D eigenvalue weighted by Crippen LogP contribution is 2.41. The molecule has 1 unspecified atom stereocenters. The molecular weight excluding hydrogens is 492 g/mol. The molecule has 0 aliphatic carbocycles. The fourth-order valence-corrected chi connectivity index (χ4v) is 4.75. The monoisotopic (exact) mass is 512 g/mol. The van der Waals surface area contributed by atoms with E-state index in [0.29, 0.717) is 16.9 Å². The van der Waals surface area contributed by atoms with E-state index in [2.05, 4.69) is 15.9 Å². The lowest BCUT2D eigenvalue weighted by molar-refractivity contribution is 0.104. The summed E-state index contributed by atoms with van der Waals surface area (Å²) < 4.78 is 17.1. The van der Waals surface area contributed by atoms with Gasteiger partial charge in [0.2, 0.25) is 0 Å². The topological polar surface area (TPSA) is 65.0 Å². The van der Waals surface area contributed by atoms with Crippen molar-refractivity contribution in [2.75, 3.05) is 20.8 Å². The number of aliphatic hydroxyl groups is 1. The molecule has 3 aromatic carbocycles. The zero-order valence-electron chi connectivity index (χ0n) is 17.5. The van der Waals surface area contributed by atoms with E-state index in [9.17, 15) is 9.90 Å². The second kappa shape index (κ2) is 9.73. The Morgan fingerprint density at radius 1 is 0.938 bits per heavy atom. The van der Waals surface area contributed by atoms with Gasteiger partial charge in [0, 0.05) is 26.1 Å². The second-order valence-electron chi connectivity index (χ2n) is 7.00. The number of ketones is 1. The highest BCUT2D eigenvalue weighted by Gasteiger charge is 2.22. The van der Waals surface area contributed by atoms with Crippen LogP contribution in [0.4, 0.5) is 0 Å². The Balaban J connectivity index is 1.77. The van der Waals surface area contributed by atoms with Gasteiger partial charge in [-0.3, -0.25) is 4.79 Å². The molecule has 4 aromatic rings. The first-order valence-corrected chi connectivity index (χ1v) is 11.6. The maximum Gasteiger partial charge on any atom is 0.195 e. The quantitative estimate of drug-likeness (QED) is 0.235. The van der Waals surface area contributed by atoms with E-state index in [1.807, 2.05) is 42.5 Å². The van der Waals surface area contributed by atoms with Gasteiger partial charge in [0.15, 0.2) is 5.78 Å². The first-order chi connectivity index (χ1) is 15.5. The van der Waals surface area contributed by atoms with Gasteiger partial charge in [0.05, 0.1) is 14.2 Å². The zero-order chi connectivity index (χ0) is 22.7. The molecule has 0 aliphatic heterocycles. The molecule has 4 rings (SSSR count). The third-order valence-electron chi connectivity index (χ3n) is 4.98. The van der Waals surface area contributed by atoms with Crippen LogP contribution in [0.15, 0.2) is 66.7 Å². The van der Waals surface area contributed by atoms with Crippen LogP contribution in [0.25, 0.3) is 20.5 Å². The Morgan fingerprint density at radius 2 is 1.56 bits per heavy atom. The van der Waals surface area contributed by atoms with Gasteiger partial charge in [-0.2, -0.15) is 0 Å². The number of aliphatic hydroxyl groups excluding tert-OH is 1. The number of thiophene rings is 1. The number of hydrogen-bond acceptors (Lipinski definition) is 6. The third kappa shape index (κ3) is 4.65. The van der Waals surface area contributed by atoms with E-state index >= 15 is 0 Å². The SMILES string of the molecule is COc1ccc(-c2sc3cc(OC)ccc3c2C(=O)c2ccc(OCC(O)Br)cc2)cc1. The Morgan fingerprint density at radius 3 is 2.19 bits per heavy atom. The number of halogens is 1. The first kappa shape index (κ1) is 22.3. The molecule has 7 heteroatoms. The van der Waals surface area contributed by atoms with Crippen LogP contribution in [0, 0.1) is 0 Å². The van der Waals surface area contributed by atoms with Crippen molar-refractivity contribution in [2.24, 2.45) is 0 Å². The lowest BCUT2D eigenvalue weighted by Crippen LogP contribution is -2.09. The normalized spacial score (nSPS) is 11.9. The van der Waals surface area contributed by atoms with Crippen molar-refractivity contribution in [3.63, 3.8) is 0 Å². The molecule has 1 atom stereocenters. The standard InChI is InChI=1S/C25H21BrO5S/c1-29-17-7-5-16(6-8-17)25-23(20-12-11-19(30-2)13-21(20)32-25)24(28)15-3-9-18(10-4-15)31-14-22(26)27/h3-13,22,27H,14H2,1-2H3. The average molecular weight is 513 g/mol. The van der Waals surface area contributed by atoms with Crippen LogP contribution in [0.3, 0.4) is 0 Å². The van der Waals surface area contributed by atoms with E-state index in [0.717, 1.165) is 32.0 Å². The van der Waals surface area contributed by atoms with Crippen LogP contribution in [-0.4, -0.2) is 36.7 Å². The number of alkyl halides is 1. The summed E-state index contributed by atoms with van der Waals surface area (Å²) in [4.78, 5) is 14.5. The van der Waals surface area contributed by atoms with Crippen molar-refractivity contribution in [3.8, 4) is 27.7 Å². The van der Waals surface area contributed by atoms with E-state index in [1.54, 1.807) is 49.8 Å². The second-order valence-corrected chi connectivity index (χ2v) is 9.10. The summed E-state index contributed by atoms with van der Waals surface area (Å²) in [6.07, 6.45) is 0. The Bertz CT molecular complexity index is 1230. The highest BCUT2D eigenvalue weighted by molar-refractivity contribution is 9.09. The van der Waals surface area contributed by atoms with Crippen LogP contribution in [-0.2, 0) is 0 Å². The van der Waals surface area contributed by atoms with Crippen molar-refractivity contribution in [2.45, 2.75) is 5.01 Å². The molecule has 0 saturated heterocycles. The number of methoxy groups -OCH3 is 2. The predicted molar refractivity (Wildman–Crippen MR) is 131 cm³/mol. The number of rotatable bonds is 8. The number of benzene rings is 3. The molecule has 1 aromatic heterocycles. The molecule has 0 saturated carbocycles. The minimum Gasteiger partial charge on any atom is -0.497 e. The largest absolute Gasteiger partial charge is 0.497 e. The number of carbonyl (C=O) groups is 1. The Hall–Kier alpha value is -2.87. The summed E-state index contributed by atoms with van der Waals surface area (Å²) in [6, 6.07) is 20.4. The van der Waals surface area contributed by atoms with E-state index < -0.39 is 5.01 Å². The van der Waals surface area contributed by atoms with E-state index in [1.165, 1.54) is 0 Å². The lowest BCUT2D eigenvalue weighted by atomic mass is 9.97. The number of hydrogen-bond donors (Lipinski definition) is 1. The highest BCUT2D eigenvalue weighted by atomic mass is 79.9. The summed E-state index contributed by atoms with van der Waals surface area (Å²) in [5.41, 5.74) is 2.16. The van der Waals surface area contributed by atoms with Crippen LogP contribution < -0.4 is 14.2 Å². The fraction of sp³-hybridized carbons (Fsp3) is 0.160. The Kier molecular flexibility index (Phi) is 6.79. The van der Waals surface area contributed by atoms with Crippen molar-refractivity contribution < 1.29 is 24.1 Å². The van der Waals surface area contributed by atoms with Gasteiger partial charge in [-0.15, -0.1) is 11.3 Å². The van der Waals surface area contributed by atoms with Gasteiger partial charge >= 0.3 is 0 Å². The summed E-state index contributed by atoms with van der Waals surface area (Å²) in [7, 11) is 3.26. The molecule has 0 radical (unpaired) electrons. The van der Waals surface area contributed by atoms with Gasteiger partial charge in [-0.05, 0) is 72.3 Å². The van der Waals surface area contributed by atoms with E-state index in [-0.39, 0.29) is 12.4 Å². The van der Waals surface area contributed by atoms with E-state index in [4.69, 9.17) is 14.2 Å². The van der Waals surface area contributed by atoms with Crippen LogP contribution in [0.2, 0.25) is 0 Å². The van der Waals surface area contributed by atoms with Crippen molar-refractivity contribution >= 4 is 43.1 Å². The minimum absolute atomic E-state index is 0.0701. The van der Waals surface area contributed by atoms with Gasteiger partial charge in [-0.25, -0.2) is 0 Å². The molecule has 0 spiro atoms. The number of fused-ring (bicyclic) bond motifs is 1. The average Bonchev–Trinajstić information content (AvgIpc) is 3.21. The smallest absolute Gasteiger partial charge is 0.195 e.